The Morgan fingerprint density at radius 2 is 1.96 bits per heavy atom. The Morgan fingerprint density at radius 1 is 1.27 bits per heavy atom. The third kappa shape index (κ3) is 4.32. The Balaban J connectivity index is 1.98. The lowest BCUT2D eigenvalue weighted by molar-refractivity contribution is -0.138. The molecule has 4 amide bonds. The zero-order chi connectivity index (χ0) is 19.4. The van der Waals surface area contributed by atoms with Gasteiger partial charge in [0, 0.05) is 26.1 Å². The number of carbonyl (C=O) groups is 4. The maximum Gasteiger partial charge on any atom is 0.329 e. The first-order valence-electron chi connectivity index (χ1n) is 7.76. The Kier molecular flexibility index (Phi) is 5.86. The molecular weight excluding hydrogens is 352 g/mol. The molecule has 1 aliphatic heterocycles. The summed E-state index contributed by atoms with van der Waals surface area (Å²) in [6.45, 7) is 0.0199. The second-order valence-electron chi connectivity index (χ2n) is 5.77. The molecule has 0 unspecified atom stereocenters. The molecule has 1 saturated heterocycles. The minimum atomic E-state index is -1.06. The number of nitrogens with one attached hydrogen (secondary N) is 1. The molecule has 0 bridgehead atoms. The maximum atomic E-state index is 13.8. The molecule has 1 aromatic rings. The van der Waals surface area contributed by atoms with Gasteiger partial charge >= 0.3 is 12.0 Å². The van der Waals surface area contributed by atoms with Gasteiger partial charge in [-0.25, -0.2) is 18.5 Å². The van der Waals surface area contributed by atoms with E-state index in [0.717, 1.165) is 12.1 Å². The van der Waals surface area contributed by atoms with Gasteiger partial charge in [0.1, 0.15) is 17.7 Å². The summed E-state index contributed by atoms with van der Waals surface area (Å²) in [5, 5.41) is 10.9. The number of urea groups is 1. The molecule has 0 aromatic heterocycles. The van der Waals surface area contributed by atoms with Crippen LogP contribution >= 0.6 is 0 Å². The Labute approximate surface area is 147 Å². The lowest BCUT2D eigenvalue weighted by Crippen LogP contribution is -2.34. The third-order valence-corrected chi connectivity index (χ3v) is 3.90. The van der Waals surface area contributed by atoms with Gasteiger partial charge in [0.05, 0.1) is 12.1 Å². The number of hydrogen-bond acceptors (Lipinski definition) is 4. The predicted octanol–water partition coefficient (Wildman–Crippen LogP) is 1.10. The smallest absolute Gasteiger partial charge is 0.329 e. The van der Waals surface area contributed by atoms with E-state index in [-0.39, 0.29) is 37.4 Å². The number of carboxylic acid groups (broad SMARTS) is 1. The van der Waals surface area contributed by atoms with E-state index in [9.17, 15) is 28.0 Å². The van der Waals surface area contributed by atoms with Gasteiger partial charge in [-0.05, 0) is 18.6 Å². The first-order valence-corrected chi connectivity index (χ1v) is 7.76. The molecular formula is C16H17F2N3O5. The van der Waals surface area contributed by atoms with Crippen molar-refractivity contribution in [2.75, 3.05) is 18.5 Å². The average Bonchev–Trinajstić information content (AvgIpc) is 2.84. The molecule has 1 heterocycles. The van der Waals surface area contributed by atoms with Crippen LogP contribution in [0.25, 0.3) is 0 Å². The van der Waals surface area contributed by atoms with Crippen molar-refractivity contribution in [3.63, 3.8) is 0 Å². The van der Waals surface area contributed by atoms with E-state index in [2.05, 4.69) is 5.32 Å². The number of amides is 4. The normalized spacial score (nSPS) is 16.6. The number of halogens is 2. The Hall–Kier alpha value is -3.04. The van der Waals surface area contributed by atoms with Crippen molar-refractivity contribution in [2.24, 2.45) is 0 Å². The van der Waals surface area contributed by atoms with E-state index in [1.165, 1.54) is 11.9 Å². The van der Waals surface area contributed by atoms with E-state index < -0.39 is 35.6 Å². The van der Waals surface area contributed by atoms with Gasteiger partial charge in [0.15, 0.2) is 0 Å². The van der Waals surface area contributed by atoms with E-state index in [0.29, 0.717) is 11.0 Å². The van der Waals surface area contributed by atoms with Gasteiger partial charge in [0.25, 0.3) is 5.91 Å². The van der Waals surface area contributed by atoms with Crippen molar-refractivity contribution in [1.29, 1.82) is 0 Å². The predicted molar refractivity (Wildman–Crippen MR) is 85.3 cm³/mol. The molecule has 2 N–H and O–H groups in total. The van der Waals surface area contributed by atoms with Crippen molar-refractivity contribution < 1.29 is 33.1 Å². The molecule has 2 rings (SSSR count). The van der Waals surface area contributed by atoms with Crippen LogP contribution in [0.15, 0.2) is 18.2 Å². The van der Waals surface area contributed by atoms with Gasteiger partial charge < -0.3 is 15.3 Å². The van der Waals surface area contributed by atoms with Crippen LogP contribution < -0.4 is 10.2 Å². The van der Waals surface area contributed by atoms with Crippen molar-refractivity contribution in [3.05, 3.63) is 29.8 Å². The largest absolute Gasteiger partial charge is 0.481 e. The number of rotatable bonds is 7. The number of benzene rings is 1. The molecule has 8 nitrogen and oxygen atoms in total. The van der Waals surface area contributed by atoms with Crippen LogP contribution in [0, 0.1) is 11.6 Å². The topological polar surface area (TPSA) is 107 Å². The molecule has 1 aliphatic rings. The minimum Gasteiger partial charge on any atom is -0.481 e. The number of hydrogen-bond donors (Lipinski definition) is 2. The maximum absolute atomic E-state index is 13.8. The molecule has 0 spiro atoms. The van der Waals surface area contributed by atoms with Crippen LogP contribution in [0.4, 0.5) is 19.3 Å². The molecule has 10 heteroatoms. The fourth-order valence-electron chi connectivity index (χ4n) is 2.46. The van der Waals surface area contributed by atoms with E-state index in [4.69, 9.17) is 5.11 Å². The van der Waals surface area contributed by atoms with Crippen molar-refractivity contribution >= 4 is 29.5 Å². The summed E-state index contributed by atoms with van der Waals surface area (Å²) >= 11 is 0. The number of aliphatic carboxylic acids is 1. The second kappa shape index (κ2) is 7.89. The summed E-state index contributed by atoms with van der Waals surface area (Å²) in [5.41, 5.74) is -0.374. The Bertz CT molecular complexity index is 755. The van der Waals surface area contributed by atoms with Gasteiger partial charge in [0.2, 0.25) is 5.91 Å². The highest BCUT2D eigenvalue weighted by molar-refractivity contribution is 6.21. The zero-order valence-corrected chi connectivity index (χ0v) is 13.9. The van der Waals surface area contributed by atoms with Crippen molar-refractivity contribution in [2.45, 2.75) is 25.3 Å². The molecule has 0 aliphatic carbocycles. The molecule has 0 radical (unpaired) electrons. The highest BCUT2D eigenvalue weighted by atomic mass is 19.1. The summed E-state index contributed by atoms with van der Waals surface area (Å²) in [6.07, 6.45) is -0.342. The lowest BCUT2D eigenvalue weighted by Gasteiger charge is -2.17. The van der Waals surface area contributed by atoms with Crippen LogP contribution in [0.2, 0.25) is 0 Å². The minimum absolute atomic E-state index is 0.0199. The lowest BCUT2D eigenvalue weighted by atomic mass is 10.1. The quantitative estimate of drug-likeness (QED) is 0.700. The fourth-order valence-corrected chi connectivity index (χ4v) is 2.46. The van der Waals surface area contributed by atoms with E-state index in [1.807, 2.05) is 0 Å². The number of imide groups is 1. The van der Waals surface area contributed by atoms with Crippen LogP contribution in [0.3, 0.4) is 0 Å². The van der Waals surface area contributed by atoms with Crippen LogP contribution in [0.5, 0.6) is 0 Å². The molecule has 1 aromatic carbocycles. The van der Waals surface area contributed by atoms with Crippen LogP contribution in [-0.4, -0.2) is 53.5 Å². The molecule has 1 atom stereocenters. The third-order valence-electron chi connectivity index (χ3n) is 3.90. The van der Waals surface area contributed by atoms with Crippen LogP contribution in [0.1, 0.15) is 19.3 Å². The van der Waals surface area contributed by atoms with E-state index in [1.54, 1.807) is 0 Å². The SMILES string of the molecule is CN(CCC(=O)O)C(=O)CC[C@@H]1NC(=O)N(c2ccc(F)cc2F)C1=O. The summed E-state index contributed by atoms with van der Waals surface area (Å²) in [5.74, 6) is -4.08. The Morgan fingerprint density at radius 3 is 2.58 bits per heavy atom. The van der Waals surface area contributed by atoms with Gasteiger partial charge in [-0.3, -0.25) is 14.4 Å². The molecule has 1 fully saturated rings. The first kappa shape index (κ1) is 19.3. The number of anilines is 1. The first-order chi connectivity index (χ1) is 12.2. The zero-order valence-electron chi connectivity index (χ0n) is 13.9. The van der Waals surface area contributed by atoms with Gasteiger partial charge in [-0.1, -0.05) is 0 Å². The summed E-state index contributed by atoms with van der Waals surface area (Å²) in [4.78, 5) is 48.5. The average molecular weight is 369 g/mol. The second-order valence-corrected chi connectivity index (χ2v) is 5.77. The highest BCUT2D eigenvalue weighted by Crippen LogP contribution is 2.25. The summed E-state index contributed by atoms with van der Waals surface area (Å²) < 4.78 is 26.8. The van der Waals surface area contributed by atoms with E-state index >= 15 is 0 Å². The van der Waals surface area contributed by atoms with Crippen LogP contribution in [-0.2, 0) is 14.4 Å². The standard InChI is InChI=1S/C16H17F2N3O5/c1-20(7-6-14(23)24)13(22)5-3-11-15(25)21(16(26)19-11)12-4-2-9(17)8-10(12)18/h2,4,8,11H,3,5-7H2,1H3,(H,19,26)(H,23,24)/t11-/m0/s1. The summed E-state index contributed by atoms with van der Waals surface area (Å²) in [7, 11) is 1.43. The highest BCUT2D eigenvalue weighted by Gasteiger charge is 2.40. The number of carbonyl (C=O) groups excluding carboxylic acids is 3. The van der Waals surface area contributed by atoms with Gasteiger partial charge in [-0.2, -0.15) is 0 Å². The fraction of sp³-hybridized carbons (Fsp3) is 0.375. The molecule has 140 valence electrons. The van der Waals surface area contributed by atoms with Crippen molar-refractivity contribution in [1.82, 2.24) is 10.2 Å². The molecule has 26 heavy (non-hydrogen) atoms. The van der Waals surface area contributed by atoms with Crippen molar-refractivity contribution in [3.8, 4) is 0 Å². The van der Waals surface area contributed by atoms with Gasteiger partial charge in [-0.15, -0.1) is 0 Å². The molecule has 0 saturated carbocycles. The number of nitrogens with zero attached hydrogens (tertiary/aromatic N) is 2. The monoisotopic (exact) mass is 369 g/mol. The summed E-state index contributed by atoms with van der Waals surface area (Å²) in [6, 6.07) is 0.577. The number of carboxylic acids is 1.